The molecule has 1 aliphatic heterocycles. The molecule has 1 aromatic rings. The molecule has 0 aromatic heterocycles. The normalized spacial score (nSPS) is 16.3. The first-order valence-electron chi connectivity index (χ1n) is 6.18. The maximum absolute atomic E-state index is 5.80. The van der Waals surface area contributed by atoms with E-state index in [1.807, 2.05) is 30.3 Å². The van der Waals surface area contributed by atoms with Gasteiger partial charge in [-0.25, -0.2) is 0 Å². The molecule has 0 spiro atoms. The lowest BCUT2D eigenvalue weighted by atomic mass is 10.3. The second-order valence-electron chi connectivity index (χ2n) is 4.15. The monoisotopic (exact) mass is 303 g/mol. The van der Waals surface area contributed by atoms with Crippen molar-refractivity contribution in [1.29, 1.82) is 0 Å². The first-order chi connectivity index (χ1) is 8.84. The minimum Gasteiger partial charge on any atom is -0.490 e. The van der Waals surface area contributed by atoms with Crippen LogP contribution in [0, 0.1) is 0 Å². The molecule has 2 rings (SSSR count). The molecule has 1 fully saturated rings. The van der Waals surface area contributed by atoms with Crippen LogP contribution in [0.1, 0.15) is 0 Å². The predicted molar refractivity (Wildman–Crippen MR) is 80.6 cm³/mol. The minimum atomic E-state index is 0. The van der Waals surface area contributed by atoms with Crippen molar-refractivity contribution in [2.24, 2.45) is 0 Å². The number of ether oxygens (including phenoxy) is 2. The summed E-state index contributed by atoms with van der Waals surface area (Å²) in [7, 11) is 0. The quantitative estimate of drug-likeness (QED) is 0.781. The number of halogens is 2. The van der Waals surface area contributed by atoms with Gasteiger partial charge in [-0.1, -0.05) is 23.8 Å². The fourth-order valence-electron chi connectivity index (χ4n) is 1.75. The average molecular weight is 304 g/mol. The second kappa shape index (κ2) is 9.21. The van der Waals surface area contributed by atoms with E-state index in [-0.39, 0.29) is 12.4 Å². The molecule has 0 atom stereocenters. The molecule has 1 heterocycles. The van der Waals surface area contributed by atoms with Gasteiger partial charge in [0.1, 0.15) is 12.4 Å². The summed E-state index contributed by atoms with van der Waals surface area (Å²) < 4.78 is 10.9. The first-order valence-corrected chi connectivity index (χ1v) is 6.56. The van der Waals surface area contributed by atoms with Crippen molar-refractivity contribution in [3.8, 4) is 5.75 Å². The van der Waals surface area contributed by atoms with Crippen LogP contribution in [0.3, 0.4) is 0 Å². The Hall–Kier alpha value is -0.740. The largest absolute Gasteiger partial charge is 0.490 e. The summed E-state index contributed by atoms with van der Waals surface area (Å²) in [6.45, 7) is 5.27. The maximum Gasteiger partial charge on any atom is 0.119 e. The smallest absolute Gasteiger partial charge is 0.119 e. The van der Waals surface area contributed by atoms with Crippen LogP contribution in [-0.2, 0) is 4.74 Å². The number of morpholine rings is 1. The zero-order valence-electron chi connectivity index (χ0n) is 10.8. The molecule has 19 heavy (non-hydrogen) atoms. The molecule has 0 radical (unpaired) electrons. The average Bonchev–Trinajstić information content (AvgIpc) is 2.42. The van der Waals surface area contributed by atoms with Gasteiger partial charge in [-0.05, 0) is 24.3 Å². The zero-order valence-corrected chi connectivity index (χ0v) is 12.3. The Kier molecular flexibility index (Phi) is 7.91. The van der Waals surface area contributed by atoms with E-state index < -0.39 is 0 Å². The number of benzene rings is 1. The van der Waals surface area contributed by atoms with Crippen molar-refractivity contribution < 1.29 is 9.47 Å². The number of hydrogen-bond acceptors (Lipinski definition) is 3. The summed E-state index contributed by atoms with van der Waals surface area (Å²) in [6.07, 6.45) is 4.19. The number of nitrogens with zero attached hydrogens (tertiary/aromatic N) is 1. The zero-order chi connectivity index (χ0) is 12.6. The van der Waals surface area contributed by atoms with E-state index in [9.17, 15) is 0 Å². The Morgan fingerprint density at radius 3 is 2.53 bits per heavy atom. The van der Waals surface area contributed by atoms with Crippen LogP contribution < -0.4 is 4.74 Å². The Morgan fingerprint density at radius 2 is 1.84 bits per heavy atom. The van der Waals surface area contributed by atoms with Crippen LogP contribution >= 0.6 is 24.0 Å². The third kappa shape index (κ3) is 6.30. The molecule has 106 valence electrons. The molecule has 0 N–H and O–H groups in total. The highest BCUT2D eigenvalue weighted by molar-refractivity contribution is 6.30. The molecule has 1 aliphatic rings. The first kappa shape index (κ1) is 16.3. The fraction of sp³-hybridized carbons (Fsp3) is 0.429. The Balaban J connectivity index is 0.00000180. The SMILES string of the molecule is Cl.Clc1ccc(OC/C=C/CN2CCOCC2)cc1. The van der Waals surface area contributed by atoms with Crippen LogP contribution in [0.2, 0.25) is 5.02 Å². The van der Waals surface area contributed by atoms with Crippen LogP contribution in [0.15, 0.2) is 36.4 Å². The number of hydrogen-bond donors (Lipinski definition) is 0. The van der Waals surface area contributed by atoms with E-state index in [1.165, 1.54) is 0 Å². The van der Waals surface area contributed by atoms with Gasteiger partial charge in [0.15, 0.2) is 0 Å². The highest BCUT2D eigenvalue weighted by Crippen LogP contribution is 2.15. The molecule has 0 saturated carbocycles. The van der Waals surface area contributed by atoms with Crippen LogP contribution in [0.25, 0.3) is 0 Å². The Bertz CT molecular complexity index is 376. The minimum absolute atomic E-state index is 0. The van der Waals surface area contributed by atoms with E-state index in [1.54, 1.807) is 0 Å². The molecular formula is C14H19Cl2NO2. The number of rotatable bonds is 5. The maximum atomic E-state index is 5.80. The molecule has 5 heteroatoms. The van der Waals surface area contributed by atoms with Crippen molar-refractivity contribution in [2.45, 2.75) is 0 Å². The van der Waals surface area contributed by atoms with Gasteiger partial charge in [-0.15, -0.1) is 12.4 Å². The molecule has 0 bridgehead atoms. The van der Waals surface area contributed by atoms with Crippen LogP contribution in [0.5, 0.6) is 5.75 Å². The van der Waals surface area contributed by atoms with Crippen LogP contribution in [-0.4, -0.2) is 44.4 Å². The lowest BCUT2D eigenvalue weighted by Crippen LogP contribution is -2.36. The third-order valence-electron chi connectivity index (χ3n) is 2.79. The van der Waals surface area contributed by atoms with Crippen molar-refractivity contribution in [3.05, 3.63) is 41.4 Å². The van der Waals surface area contributed by atoms with Gasteiger partial charge in [-0.2, -0.15) is 0 Å². The van der Waals surface area contributed by atoms with E-state index in [4.69, 9.17) is 21.1 Å². The van der Waals surface area contributed by atoms with Crippen molar-refractivity contribution in [3.63, 3.8) is 0 Å². The molecule has 0 amide bonds. The van der Waals surface area contributed by atoms with Gasteiger partial charge in [0.25, 0.3) is 0 Å². The molecular weight excluding hydrogens is 285 g/mol. The van der Waals surface area contributed by atoms with Gasteiger partial charge in [-0.3, -0.25) is 4.90 Å². The van der Waals surface area contributed by atoms with Gasteiger partial charge in [0, 0.05) is 24.7 Å². The molecule has 1 saturated heterocycles. The summed E-state index contributed by atoms with van der Waals surface area (Å²) in [5.74, 6) is 0.843. The lowest BCUT2D eigenvalue weighted by Gasteiger charge is -2.25. The van der Waals surface area contributed by atoms with E-state index in [2.05, 4.69) is 11.0 Å². The Morgan fingerprint density at radius 1 is 1.16 bits per heavy atom. The fourth-order valence-corrected chi connectivity index (χ4v) is 1.88. The molecule has 0 aliphatic carbocycles. The van der Waals surface area contributed by atoms with Gasteiger partial charge in [0.2, 0.25) is 0 Å². The highest BCUT2D eigenvalue weighted by Gasteiger charge is 2.07. The summed E-state index contributed by atoms with van der Waals surface area (Å²) in [5.41, 5.74) is 0. The van der Waals surface area contributed by atoms with E-state index >= 15 is 0 Å². The van der Waals surface area contributed by atoms with Crippen molar-refractivity contribution >= 4 is 24.0 Å². The standard InChI is InChI=1S/C14H18ClNO2.ClH/c15-13-3-5-14(6-4-13)18-10-2-1-7-16-8-11-17-12-9-16;/h1-6H,7-12H2;1H/b2-1+;. The van der Waals surface area contributed by atoms with Gasteiger partial charge < -0.3 is 9.47 Å². The van der Waals surface area contributed by atoms with Crippen molar-refractivity contribution in [1.82, 2.24) is 4.90 Å². The van der Waals surface area contributed by atoms with Gasteiger partial charge >= 0.3 is 0 Å². The second-order valence-corrected chi connectivity index (χ2v) is 4.59. The third-order valence-corrected chi connectivity index (χ3v) is 3.05. The van der Waals surface area contributed by atoms with Crippen molar-refractivity contribution in [2.75, 3.05) is 39.5 Å². The molecule has 0 unspecified atom stereocenters. The summed E-state index contributed by atoms with van der Waals surface area (Å²) in [4.78, 5) is 2.36. The van der Waals surface area contributed by atoms with Crippen LogP contribution in [0.4, 0.5) is 0 Å². The summed E-state index contributed by atoms with van der Waals surface area (Å²) >= 11 is 5.80. The van der Waals surface area contributed by atoms with Gasteiger partial charge in [0.05, 0.1) is 13.2 Å². The highest BCUT2D eigenvalue weighted by atomic mass is 35.5. The Labute approximate surface area is 125 Å². The predicted octanol–water partition coefficient (Wildman–Crippen LogP) is 3.03. The summed E-state index contributed by atoms with van der Waals surface area (Å²) in [6, 6.07) is 7.40. The molecule has 1 aromatic carbocycles. The topological polar surface area (TPSA) is 21.7 Å². The lowest BCUT2D eigenvalue weighted by molar-refractivity contribution is 0.0434. The molecule has 3 nitrogen and oxygen atoms in total. The van der Waals surface area contributed by atoms with E-state index in [0.717, 1.165) is 43.6 Å². The van der Waals surface area contributed by atoms with E-state index in [0.29, 0.717) is 6.61 Å². The summed E-state index contributed by atoms with van der Waals surface area (Å²) in [5, 5.41) is 0.727.